The second kappa shape index (κ2) is 10.2. The Morgan fingerprint density at radius 3 is 2.69 bits per heavy atom. The first-order valence-electron chi connectivity index (χ1n) is 4.03. The van der Waals surface area contributed by atoms with Crippen molar-refractivity contribution in [1.29, 1.82) is 0 Å². The molecule has 0 unspecified atom stereocenters. The van der Waals surface area contributed by atoms with E-state index >= 15 is 0 Å². The number of para-hydroxylation sites is 1. The molecule has 0 fully saturated rings. The van der Waals surface area contributed by atoms with E-state index in [1.807, 2.05) is 24.3 Å². The number of halogens is 1. The molecule has 0 bridgehead atoms. The number of unbranched alkanes of at least 4 members (excludes halogenated alkanes) is 1. The normalized spacial score (nSPS) is 8.08. The summed E-state index contributed by atoms with van der Waals surface area (Å²) in [4.78, 5) is 0. The number of ether oxygens (including phenoxy) is 1. The van der Waals surface area contributed by atoms with Crippen LogP contribution < -0.4 is 17.1 Å². The van der Waals surface area contributed by atoms with Crippen LogP contribution in [0.3, 0.4) is 0 Å². The maximum absolute atomic E-state index is 5.39. The fraction of sp³-hybridized carbons (Fsp3) is 0.400. The predicted octanol–water partition coefficient (Wildman–Crippen LogP) is -0.711. The van der Waals surface area contributed by atoms with Crippen molar-refractivity contribution >= 4 is 23.1 Å². The van der Waals surface area contributed by atoms with Gasteiger partial charge >= 0.3 is 23.1 Å². The molecular formula is C10H13ClMgO. The van der Waals surface area contributed by atoms with Gasteiger partial charge in [0.2, 0.25) is 0 Å². The summed E-state index contributed by atoms with van der Waals surface area (Å²) < 4.78 is 5.39. The summed E-state index contributed by atoms with van der Waals surface area (Å²) in [5.41, 5.74) is 0. The first-order valence-corrected chi connectivity index (χ1v) is 4.03. The molecule has 0 radical (unpaired) electrons. The van der Waals surface area contributed by atoms with Gasteiger partial charge in [0.25, 0.3) is 0 Å². The van der Waals surface area contributed by atoms with E-state index in [2.05, 4.69) is 13.0 Å². The minimum absolute atomic E-state index is 0. The summed E-state index contributed by atoms with van der Waals surface area (Å²) >= 11 is 0. The van der Waals surface area contributed by atoms with E-state index in [9.17, 15) is 0 Å². The Balaban J connectivity index is 0. The van der Waals surface area contributed by atoms with E-state index in [4.69, 9.17) is 4.74 Å². The summed E-state index contributed by atoms with van der Waals surface area (Å²) in [6.45, 7) is 2.95. The van der Waals surface area contributed by atoms with Crippen LogP contribution in [-0.2, 0) is 0 Å². The van der Waals surface area contributed by atoms with Crippen LogP contribution in [0.4, 0.5) is 0 Å². The maximum atomic E-state index is 5.39. The van der Waals surface area contributed by atoms with Crippen molar-refractivity contribution < 1.29 is 17.1 Å². The molecule has 1 rings (SSSR count). The van der Waals surface area contributed by atoms with Crippen molar-refractivity contribution in [2.45, 2.75) is 19.8 Å². The van der Waals surface area contributed by atoms with E-state index in [1.54, 1.807) is 0 Å². The third-order valence-electron chi connectivity index (χ3n) is 1.44. The summed E-state index contributed by atoms with van der Waals surface area (Å²) in [6.07, 6.45) is 2.29. The fourth-order valence-corrected chi connectivity index (χ4v) is 0.793. The molecule has 68 valence electrons. The number of hydrogen-bond donors (Lipinski definition) is 0. The smallest absolute Gasteiger partial charge is 1.00 e. The Morgan fingerprint density at radius 2 is 2.15 bits per heavy atom. The molecule has 0 saturated heterocycles. The summed E-state index contributed by atoms with van der Waals surface area (Å²) in [6, 6.07) is 10.7. The van der Waals surface area contributed by atoms with Crippen molar-refractivity contribution in [3.05, 3.63) is 30.3 Å². The van der Waals surface area contributed by atoms with E-state index in [-0.39, 0.29) is 35.5 Å². The molecule has 0 spiro atoms. The minimum atomic E-state index is 0. The standard InChI is InChI=1S/C10H13O.ClH.Mg/c1-2-3-9-11-10-7-5-4-6-8-10;;/h4-7H,2-3,9H2,1H3;1H;/q-1;;+2/p-1. The quantitative estimate of drug-likeness (QED) is 0.361. The second-order valence-corrected chi connectivity index (χ2v) is 2.43. The first kappa shape index (κ1) is 15.5. The zero-order valence-electron chi connectivity index (χ0n) is 7.92. The first-order chi connectivity index (χ1) is 5.43. The Hall–Kier alpha value is 0.0762. The average molecular weight is 209 g/mol. The van der Waals surface area contributed by atoms with Crippen LogP contribution in [0, 0.1) is 6.07 Å². The van der Waals surface area contributed by atoms with Crippen LogP contribution in [0.1, 0.15) is 19.8 Å². The third kappa shape index (κ3) is 7.17. The Kier molecular flexibility index (Phi) is 12.1. The molecule has 1 aromatic rings. The molecule has 0 atom stereocenters. The third-order valence-corrected chi connectivity index (χ3v) is 1.44. The van der Waals surface area contributed by atoms with Gasteiger partial charge in [-0.2, -0.15) is 18.2 Å². The van der Waals surface area contributed by atoms with Crippen molar-refractivity contribution in [3.8, 4) is 5.75 Å². The van der Waals surface area contributed by atoms with Gasteiger partial charge in [-0.25, -0.2) is 0 Å². The van der Waals surface area contributed by atoms with Crippen molar-refractivity contribution in [3.63, 3.8) is 0 Å². The van der Waals surface area contributed by atoms with Crippen molar-refractivity contribution in [2.75, 3.05) is 6.61 Å². The second-order valence-electron chi connectivity index (χ2n) is 2.43. The molecule has 0 aromatic heterocycles. The zero-order chi connectivity index (χ0) is 7.94. The molecule has 0 saturated carbocycles. The van der Waals surface area contributed by atoms with Crippen LogP contribution in [0.15, 0.2) is 24.3 Å². The van der Waals surface area contributed by atoms with Crippen LogP contribution in [0.5, 0.6) is 5.75 Å². The maximum Gasteiger partial charge on any atom is 2.00 e. The van der Waals surface area contributed by atoms with E-state index < -0.39 is 0 Å². The average Bonchev–Trinajstić information content (AvgIpc) is 2.07. The SMILES string of the molecule is CCCCOc1[c-]cccc1.[Cl-].[Mg+2]. The molecule has 0 N–H and O–H groups in total. The van der Waals surface area contributed by atoms with Gasteiger partial charge in [0, 0.05) is 5.75 Å². The number of hydrogen-bond acceptors (Lipinski definition) is 1. The molecule has 0 aliphatic rings. The summed E-state index contributed by atoms with van der Waals surface area (Å²) in [7, 11) is 0. The van der Waals surface area contributed by atoms with Gasteiger partial charge in [-0.15, -0.1) is 12.1 Å². The molecule has 0 amide bonds. The van der Waals surface area contributed by atoms with Gasteiger partial charge in [0.05, 0.1) is 6.61 Å². The van der Waals surface area contributed by atoms with Crippen LogP contribution in [0.2, 0.25) is 0 Å². The van der Waals surface area contributed by atoms with E-state index in [1.165, 1.54) is 6.42 Å². The summed E-state index contributed by atoms with van der Waals surface area (Å²) in [5, 5.41) is 0. The minimum Gasteiger partial charge on any atom is -1.00 e. The molecule has 3 heteroatoms. The Labute approximate surface area is 102 Å². The number of benzene rings is 1. The topological polar surface area (TPSA) is 9.23 Å². The molecule has 1 nitrogen and oxygen atoms in total. The molecular weight excluding hydrogens is 196 g/mol. The van der Waals surface area contributed by atoms with Gasteiger partial charge in [-0.05, 0) is 6.42 Å². The van der Waals surface area contributed by atoms with E-state index in [0.29, 0.717) is 0 Å². The summed E-state index contributed by atoms with van der Waals surface area (Å²) in [5.74, 6) is 0.848. The van der Waals surface area contributed by atoms with Gasteiger partial charge in [-0.1, -0.05) is 13.3 Å². The zero-order valence-corrected chi connectivity index (χ0v) is 10.1. The largest absolute Gasteiger partial charge is 2.00 e. The molecule has 13 heavy (non-hydrogen) atoms. The Morgan fingerprint density at radius 1 is 1.38 bits per heavy atom. The van der Waals surface area contributed by atoms with Gasteiger partial charge in [0.15, 0.2) is 0 Å². The number of rotatable bonds is 4. The monoisotopic (exact) mass is 208 g/mol. The van der Waals surface area contributed by atoms with Crippen LogP contribution in [0.25, 0.3) is 0 Å². The predicted molar refractivity (Wildman–Crippen MR) is 51.4 cm³/mol. The molecule has 1 aromatic carbocycles. The van der Waals surface area contributed by atoms with Gasteiger partial charge < -0.3 is 17.1 Å². The molecule has 0 heterocycles. The van der Waals surface area contributed by atoms with Crippen molar-refractivity contribution in [1.82, 2.24) is 0 Å². The molecule has 0 aliphatic carbocycles. The van der Waals surface area contributed by atoms with E-state index in [0.717, 1.165) is 18.8 Å². The van der Waals surface area contributed by atoms with Gasteiger partial charge in [-0.3, -0.25) is 0 Å². The Bertz CT molecular complexity index is 191. The van der Waals surface area contributed by atoms with Crippen LogP contribution in [-0.4, -0.2) is 29.7 Å². The fourth-order valence-electron chi connectivity index (χ4n) is 0.793. The van der Waals surface area contributed by atoms with Crippen LogP contribution >= 0.6 is 0 Å². The van der Waals surface area contributed by atoms with Crippen molar-refractivity contribution in [2.24, 2.45) is 0 Å². The molecule has 0 aliphatic heterocycles. The van der Waals surface area contributed by atoms with Gasteiger partial charge in [0.1, 0.15) is 0 Å².